The third-order valence-corrected chi connectivity index (χ3v) is 2.83. The molecule has 0 bridgehead atoms. The highest BCUT2D eigenvalue weighted by atomic mass is 14.8. The van der Waals surface area contributed by atoms with Crippen molar-refractivity contribution >= 4 is 0 Å². The largest absolute Gasteiger partial charge is 0.261 e. The first-order valence-corrected chi connectivity index (χ1v) is 7.97. The lowest BCUT2D eigenvalue weighted by Crippen LogP contribution is -1.97. The normalized spacial score (nSPS) is 9.73. The van der Waals surface area contributed by atoms with E-state index >= 15 is 0 Å². The van der Waals surface area contributed by atoms with Gasteiger partial charge in [0.1, 0.15) is 0 Å². The lowest BCUT2D eigenvalue weighted by atomic mass is 10.1. The van der Waals surface area contributed by atoms with Gasteiger partial charge >= 0.3 is 0 Å². The number of aryl methyl sites for hydroxylation is 2. The Morgan fingerprint density at radius 3 is 1.77 bits per heavy atom. The molecule has 0 aliphatic carbocycles. The summed E-state index contributed by atoms with van der Waals surface area (Å²) >= 11 is 0. The maximum atomic E-state index is 4.31. The molecule has 0 spiro atoms. The molecule has 0 radical (unpaired) electrons. The van der Waals surface area contributed by atoms with Crippen molar-refractivity contribution in [1.29, 1.82) is 0 Å². The fourth-order valence-electron chi connectivity index (χ4n) is 1.75. The van der Waals surface area contributed by atoms with Crippen molar-refractivity contribution < 1.29 is 0 Å². The average molecular weight is 302 g/mol. The van der Waals surface area contributed by atoms with Gasteiger partial charge < -0.3 is 0 Å². The fourth-order valence-corrected chi connectivity index (χ4v) is 1.75. The van der Waals surface area contributed by atoms with Crippen LogP contribution in [-0.2, 0) is 0 Å². The first-order chi connectivity index (χ1) is 10.4. The van der Waals surface area contributed by atoms with Gasteiger partial charge in [0.2, 0.25) is 0 Å². The summed E-state index contributed by atoms with van der Waals surface area (Å²) in [4.78, 5) is 16.7. The van der Waals surface area contributed by atoms with Crippen LogP contribution in [0.4, 0.5) is 0 Å². The Morgan fingerprint density at radius 2 is 1.41 bits per heavy atom. The summed E-state index contributed by atoms with van der Waals surface area (Å²) in [5.41, 5.74) is 4.20. The molecule has 0 atom stereocenters. The molecule has 4 heteroatoms. The molecule has 0 saturated carbocycles. The molecular formula is C18H30N4. The van der Waals surface area contributed by atoms with E-state index in [1.807, 2.05) is 33.9 Å². The molecule has 0 fully saturated rings. The van der Waals surface area contributed by atoms with E-state index in [0.29, 0.717) is 11.8 Å². The number of nitrogens with zero attached hydrogens (tertiary/aromatic N) is 4. The third kappa shape index (κ3) is 7.25. The Bertz CT molecular complexity index is 536. The van der Waals surface area contributed by atoms with Crippen LogP contribution in [0.15, 0.2) is 24.8 Å². The van der Waals surface area contributed by atoms with Gasteiger partial charge in [-0.3, -0.25) is 19.9 Å². The van der Waals surface area contributed by atoms with Gasteiger partial charge in [0.25, 0.3) is 0 Å². The summed E-state index contributed by atoms with van der Waals surface area (Å²) < 4.78 is 0. The van der Waals surface area contributed by atoms with Crippen molar-refractivity contribution in [1.82, 2.24) is 19.9 Å². The highest BCUT2D eigenvalue weighted by molar-refractivity contribution is 5.11. The van der Waals surface area contributed by atoms with E-state index in [1.54, 1.807) is 18.6 Å². The number of rotatable bonds is 2. The summed E-state index contributed by atoms with van der Waals surface area (Å²) in [7, 11) is 0. The maximum absolute atomic E-state index is 4.31. The minimum Gasteiger partial charge on any atom is -0.261 e. The van der Waals surface area contributed by atoms with E-state index in [2.05, 4.69) is 47.6 Å². The van der Waals surface area contributed by atoms with Crippen molar-refractivity contribution in [2.24, 2.45) is 0 Å². The number of hydrogen-bond donors (Lipinski definition) is 0. The second-order valence-corrected chi connectivity index (χ2v) is 5.42. The Labute approximate surface area is 135 Å². The van der Waals surface area contributed by atoms with Crippen molar-refractivity contribution in [3.05, 3.63) is 47.6 Å². The quantitative estimate of drug-likeness (QED) is 0.796. The maximum Gasteiger partial charge on any atom is 0.0641 e. The van der Waals surface area contributed by atoms with E-state index in [-0.39, 0.29) is 0 Å². The molecule has 0 aromatic carbocycles. The molecule has 2 rings (SSSR count). The van der Waals surface area contributed by atoms with Crippen LogP contribution in [0.25, 0.3) is 0 Å². The second-order valence-electron chi connectivity index (χ2n) is 5.42. The molecule has 0 N–H and O–H groups in total. The topological polar surface area (TPSA) is 51.6 Å². The lowest BCUT2D eigenvalue weighted by molar-refractivity contribution is 0.795. The summed E-state index contributed by atoms with van der Waals surface area (Å²) in [6.45, 7) is 16.4. The van der Waals surface area contributed by atoms with Crippen molar-refractivity contribution in [2.75, 3.05) is 0 Å². The minimum atomic E-state index is 0.479. The highest BCUT2D eigenvalue weighted by Gasteiger charge is 2.03. The molecule has 22 heavy (non-hydrogen) atoms. The first kappa shape index (κ1) is 20.2. The van der Waals surface area contributed by atoms with Crippen LogP contribution in [0, 0.1) is 13.8 Å². The van der Waals surface area contributed by atoms with Crippen LogP contribution in [0.5, 0.6) is 0 Å². The SMILES string of the molecule is CC.Cc1cncc(C(C)C)n1.Cc1nccnc1C(C)C. The molecule has 2 aromatic rings. The van der Waals surface area contributed by atoms with Crippen molar-refractivity contribution in [3.8, 4) is 0 Å². The molecule has 2 heterocycles. The molecule has 0 aliphatic rings. The van der Waals surface area contributed by atoms with Crippen molar-refractivity contribution in [2.45, 2.75) is 67.2 Å². The summed E-state index contributed by atoms with van der Waals surface area (Å²) in [6.07, 6.45) is 7.05. The van der Waals surface area contributed by atoms with Crippen LogP contribution in [0.1, 0.15) is 76.2 Å². The predicted molar refractivity (Wildman–Crippen MR) is 93.1 cm³/mol. The molecule has 122 valence electrons. The zero-order valence-electron chi connectivity index (χ0n) is 15.3. The Hall–Kier alpha value is -1.84. The van der Waals surface area contributed by atoms with Gasteiger partial charge in [0.05, 0.1) is 22.8 Å². The highest BCUT2D eigenvalue weighted by Crippen LogP contribution is 2.12. The molecule has 0 aliphatic heterocycles. The van der Waals surface area contributed by atoms with Gasteiger partial charge in [-0.15, -0.1) is 0 Å². The summed E-state index contributed by atoms with van der Waals surface area (Å²) in [5.74, 6) is 0.959. The second kappa shape index (κ2) is 10.8. The smallest absolute Gasteiger partial charge is 0.0641 e. The van der Waals surface area contributed by atoms with Crippen LogP contribution in [0.2, 0.25) is 0 Å². The molecule has 0 unspecified atom stereocenters. The first-order valence-electron chi connectivity index (χ1n) is 7.97. The minimum absolute atomic E-state index is 0.479. The van der Waals surface area contributed by atoms with E-state index in [9.17, 15) is 0 Å². The number of hydrogen-bond acceptors (Lipinski definition) is 4. The van der Waals surface area contributed by atoms with E-state index in [1.165, 1.54) is 0 Å². The Balaban J connectivity index is 0.000000360. The fraction of sp³-hybridized carbons (Fsp3) is 0.556. The van der Waals surface area contributed by atoms with Gasteiger partial charge in [-0.2, -0.15) is 0 Å². The Morgan fingerprint density at radius 1 is 0.818 bits per heavy atom. The molecule has 0 saturated heterocycles. The van der Waals surface area contributed by atoms with Gasteiger partial charge in [0, 0.05) is 24.8 Å². The summed E-state index contributed by atoms with van der Waals surface area (Å²) in [5, 5.41) is 0. The van der Waals surface area contributed by atoms with Gasteiger partial charge in [-0.1, -0.05) is 41.5 Å². The van der Waals surface area contributed by atoms with Gasteiger partial charge in [0.15, 0.2) is 0 Å². The Kier molecular flexibility index (Phi) is 9.92. The number of aromatic nitrogens is 4. The van der Waals surface area contributed by atoms with Crippen LogP contribution in [-0.4, -0.2) is 19.9 Å². The summed E-state index contributed by atoms with van der Waals surface area (Å²) in [6, 6.07) is 0. The monoisotopic (exact) mass is 302 g/mol. The van der Waals surface area contributed by atoms with Gasteiger partial charge in [-0.05, 0) is 25.7 Å². The predicted octanol–water partition coefficient (Wildman–Crippen LogP) is 4.84. The van der Waals surface area contributed by atoms with E-state index in [4.69, 9.17) is 0 Å². The molecule has 2 aromatic heterocycles. The third-order valence-electron chi connectivity index (χ3n) is 2.83. The van der Waals surface area contributed by atoms with Gasteiger partial charge in [-0.25, -0.2) is 0 Å². The van der Waals surface area contributed by atoms with E-state index < -0.39 is 0 Å². The molecular weight excluding hydrogens is 272 g/mol. The van der Waals surface area contributed by atoms with E-state index in [0.717, 1.165) is 22.8 Å². The average Bonchev–Trinajstić information content (AvgIpc) is 2.50. The van der Waals surface area contributed by atoms with Crippen LogP contribution in [0.3, 0.4) is 0 Å². The van der Waals surface area contributed by atoms with Crippen LogP contribution >= 0.6 is 0 Å². The molecule has 4 nitrogen and oxygen atoms in total. The van der Waals surface area contributed by atoms with Crippen molar-refractivity contribution in [3.63, 3.8) is 0 Å². The molecule has 0 amide bonds. The zero-order chi connectivity index (χ0) is 17.1. The zero-order valence-corrected chi connectivity index (χ0v) is 15.3. The van der Waals surface area contributed by atoms with Crippen LogP contribution < -0.4 is 0 Å². The standard InChI is InChI=1S/2C8H12N2.C2H6/c1-6(2)8-5-9-4-7(3)10-8;1-6(2)8-7(3)9-4-5-10-8;1-2/h2*4-6H,1-3H3;1-2H3. The lowest BCUT2D eigenvalue weighted by Gasteiger charge is -2.04.